The first-order chi connectivity index (χ1) is 8.31. The molecule has 5 heteroatoms. The maximum Gasteiger partial charge on any atom is 0.293 e. The summed E-state index contributed by atoms with van der Waals surface area (Å²) in [6.07, 6.45) is 4.81. The molecule has 1 aromatic heterocycles. The van der Waals surface area contributed by atoms with Crippen molar-refractivity contribution in [1.82, 2.24) is 14.8 Å². The van der Waals surface area contributed by atoms with Crippen molar-refractivity contribution in [1.29, 1.82) is 0 Å². The summed E-state index contributed by atoms with van der Waals surface area (Å²) in [5.41, 5.74) is 0.729. The predicted molar refractivity (Wildman–Crippen MR) is 65.4 cm³/mol. The number of anilines is 1. The monoisotopic (exact) mass is 228 g/mol. The molecule has 2 rings (SSSR count). The summed E-state index contributed by atoms with van der Waals surface area (Å²) in [7, 11) is 0. The van der Waals surface area contributed by atoms with Crippen LogP contribution in [-0.2, 0) is 0 Å². The Morgan fingerprint density at radius 3 is 2.82 bits per heavy atom. The van der Waals surface area contributed by atoms with Crippen LogP contribution in [0.4, 0.5) is 5.69 Å². The van der Waals surface area contributed by atoms with E-state index in [1.54, 1.807) is 12.3 Å². The minimum Gasteiger partial charge on any atom is -0.319 e. The molecule has 0 fully saturated rings. The number of hydrogen-bond donors (Lipinski definition) is 1. The molecule has 0 aliphatic rings. The number of benzene rings is 1. The van der Waals surface area contributed by atoms with Crippen molar-refractivity contribution in [3.8, 4) is 0 Å². The van der Waals surface area contributed by atoms with Crippen LogP contribution in [0, 0.1) is 0 Å². The second-order valence-corrected chi connectivity index (χ2v) is 3.33. The summed E-state index contributed by atoms with van der Waals surface area (Å²) < 4.78 is 1.43. The predicted octanol–water partition coefficient (Wildman–Crippen LogP) is 2.02. The largest absolute Gasteiger partial charge is 0.319 e. The molecule has 0 unspecified atom stereocenters. The lowest BCUT2D eigenvalue weighted by molar-refractivity contribution is 0.101. The Morgan fingerprint density at radius 1 is 1.35 bits per heavy atom. The standard InChI is InChI=1S/C12H12N4O/c1-2-8-16-11(13-9-14-16)12(17)15-10-6-4-3-5-7-10/h2-9H,1H3,(H,15,17)/b8-2-. The summed E-state index contributed by atoms with van der Waals surface area (Å²) in [5.74, 6) is -0.0289. The van der Waals surface area contributed by atoms with Gasteiger partial charge in [-0.3, -0.25) is 4.79 Å². The third kappa shape index (κ3) is 2.57. The number of aromatic nitrogens is 3. The molecule has 86 valence electrons. The lowest BCUT2D eigenvalue weighted by atomic mass is 10.3. The van der Waals surface area contributed by atoms with Gasteiger partial charge in [0.15, 0.2) is 0 Å². The second-order valence-electron chi connectivity index (χ2n) is 3.33. The molecule has 0 saturated heterocycles. The zero-order chi connectivity index (χ0) is 12.1. The third-order valence-electron chi connectivity index (χ3n) is 2.10. The second kappa shape index (κ2) is 5.07. The maximum atomic E-state index is 11.9. The van der Waals surface area contributed by atoms with Crippen molar-refractivity contribution in [3.63, 3.8) is 0 Å². The van der Waals surface area contributed by atoms with Crippen molar-refractivity contribution < 1.29 is 4.79 Å². The molecule has 0 bridgehead atoms. The number of amides is 1. The minimum atomic E-state index is -0.285. The van der Waals surface area contributed by atoms with Gasteiger partial charge in [-0.15, -0.1) is 0 Å². The SMILES string of the molecule is C/C=C\n1ncnc1C(=O)Nc1ccccc1. The summed E-state index contributed by atoms with van der Waals surface area (Å²) in [6.45, 7) is 1.85. The van der Waals surface area contributed by atoms with Gasteiger partial charge in [-0.1, -0.05) is 24.3 Å². The first-order valence-corrected chi connectivity index (χ1v) is 5.20. The van der Waals surface area contributed by atoms with E-state index in [1.165, 1.54) is 11.0 Å². The van der Waals surface area contributed by atoms with E-state index >= 15 is 0 Å². The molecule has 0 aliphatic heterocycles. The lowest BCUT2D eigenvalue weighted by Gasteiger charge is -2.03. The number of allylic oxidation sites excluding steroid dienone is 1. The zero-order valence-electron chi connectivity index (χ0n) is 9.37. The molecule has 1 amide bonds. The average molecular weight is 228 g/mol. The molecule has 5 nitrogen and oxygen atoms in total. The molecule has 1 heterocycles. The number of nitrogens with zero attached hydrogens (tertiary/aromatic N) is 3. The number of hydrogen-bond acceptors (Lipinski definition) is 3. The highest BCUT2D eigenvalue weighted by molar-refractivity contribution is 6.01. The molecule has 1 N–H and O–H groups in total. The summed E-state index contributed by atoms with van der Waals surface area (Å²) in [6, 6.07) is 9.22. The number of para-hydroxylation sites is 1. The van der Waals surface area contributed by atoms with Gasteiger partial charge in [0, 0.05) is 11.9 Å². The molecule has 0 saturated carbocycles. The highest BCUT2D eigenvalue weighted by Gasteiger charge is 2.12. The van der Waals surface area contributed by atoms with Crippen LogP contribution in [0.1, 0.15) is 17.5 Å². The van der Waals surface area contributed by atoms with Crippen LogP contribution in [0.15, 0.2) is 42.7 Å². The van der Waals surface area contributed by atoms with Crippen molar-refractivity contribution in [3.05, 3.63) is 48.6 Å². The highest BCUT2D eigenvalue weighted by atomic mass is 16.2. The Kier molecular flexibility index (Phi) is 3.30. The average Bonchev–Trinajstić information content (AvgIpc) is 2.79. The van der Waals surface area contributed by atoms with Crippen molar-refractivity contribution in [2.75, 3.05) is 5.32 Å². The third-order valence-corrected chi connectivity index (χ3v) is 2.10. The van der Waals surface area contributed by atoms with E-state index in [0.29, 0.717) is 0 Å². The van der Waals surface area contributed by atoms with E-state index in [2.05, 4.69) is 15.4 Å². The topological polar surface area (TPSA) is 59.8 Å². The fourth-order valence-corrected chi connectivity index (χ4v) is 1.37. The number of nitrogens with one attached hydrogen (secondary N) is 1. The van der Waals surface area contributed by atoms with Gasteiger partial charge in [-0.2, -0.15) is 5.10 Å². The molecule has 0 radical (unpaired) electrons. The van der Waals surface area contributed by atoms with Gasteiger partial charge < -0.3 is 5.32 Å². The van der Waals surface area contributed by atoms with E-state index < -0.39 is 0 Å². The van der Waals surface area contributed by atoms with Gasteiger partial charge in [0.05, 0.1) is 0 Å². The van der Waals surface area contributed by atoms with Crippen molar-refractivity contribution >= 4 is 17.8 Å². The van der Waals surface area contributed by atoms with Crippen LogP contribution in [0.5, 0.6) is 0 Å². The number of carbonyl (C=O) groups excluding carboxylic acids is 1. The molecule has 0 aliphatic carbocycles. The minimum absolute atomic E-state index is 0.256. The molecule has 17 heavy (non-hydrogen) atoms. The Morgan fingerprint density at radius 2 is 2.12 bits per heavy atom. The molecule has 0 spiro atoms. The van der Waals surface area contributed by atoms with E-state index in [9.17, 15) is 4.79 Å². The quantitative estimate of drug-likeness (QED) is 0.874. The van der Waals surface area contributed by atoms with E-state index in [0.717, 1.165) is 5.69 Å². The van der Waals surface area contributed by atoms with Gasteiger partial charge in [0.25, 0.3) is 5.91 Å². The zero-order valence-corrected chi connectivity index (χ0v) is 9.37. The molecular weight excluding hydrogens is 216 g/mol. The Bertz CT molecular complexity index is 530. The molecular formula is C12H12N4O. The Hall–Kier alpha value is -2.43. The molecule has 2 aromatic rings. The van der Waals surface area contributed by atoms with Gasteiger partial charge in [-0.25, -0.2) is 9.67 Å². The summed E-state index contributed by atoms with van der Waals surface area (Å²) in [4.78, 5) is 15.8. The van der Waals surface area contributed by atoms with Crippen LogP contribution >= 0.6 is 0 Å². The van der Waals surface area contributed by atoms with Gasteiger partial charge in [0.2, 0.25) is 5.82 Å². The maximum absolute atomic E-state index is 11.9. The van der Waals surface area contributed by atoms with Crippen molar-refractivity contribution in [2.24, 2.45) is 0 Å². The Balaban J connectivity index is 2.18. The lowest BCUT2D eigenvalue weighted by Crippen LogP contribution is -2.16. The van der Waals surface area contributed by atoms with Crippen LogP contribution < -0.4 is 5.32 Å². The molecule has 1 aromatic carbocycles. The number of rotatable bonds is 3. The van der Waals surface area contributed by atoms with Gasteiger partial charge in [0.1, 0.15) is 6.33 Å². The van der Waals surface area contributed by atoms with Crippen LogP contribution in [0.25, 0.3) is 6.20 Å². The van der Waals surface area contributed by atoms with E-state index in [-0.39, 0.29) is 11.7 Å². The van der Waals surface area contributed by atoms with Gasteiger partial charge in [-0.05, 0) is 19.1 Å². The first kappa shape index (κ1) is 11.1. The highest BCUT2D eigenvalue weighted by Crippen LogP contribution is 2.07. The first-order valence-electron chi connectivity index (χ1n) is 5.20. The number of carbonyl (C=O) groups is 1. The smallest absolute Gasteiger partial charge is 0.293 e. The summed E-state index contributed by atoms with van der Waals surface area (Å²) in [5, 5.41) is 6.67. The fraction of sp³-hybridized carbons (Fsp3) is 0.0833. The van der Waals surface area contributed by atoms with Gasteiger partial charge >= 0.3 is 0 Å². The van der Waals surface area contributed by atoms with E-state index in [1.807, 2.05) is 37.3 Å². The van der Waals surface area contributed by atoms with Crippen molar-refractivity contribution in [2.45, 2.75) is 6.92 Å². The Labute approximate surface area is 98.8 Å². The van der Waals surface area contributed by atoms with Crippen LogP contribution in [0.3, 0.4) is 0 Å². The summed E-state index contributed by atoms with van der Waals surface area (Å²) >= 11 is 0. The van der Waals surface area contributed by atoms with Crippen LogP contribution in [-0.4, -0.2) is 20.7 Å². The van der Waals surface area contributed by atoms with E-state index in [4.69, 9.17) is 0 Å². The molecule has 0 atom stereocenters. The normalized spacial score (nSPS) is 10.6. The fourth-order valence-electron chi connectivity index (χ4n) is 1.37. The van der Waals surface area contributed by atoms with Crippen LogP contribution in [0.2, 0.25) is 0 Å².